The first-order chi connectivity index (χ1) is 14.9. The van der Waals surface area contributed by atoms with Gasteiger partial charge in [-0.15, -0.1) is 0 Å². The number of hydrogen-bond donors (Lipinski definition) is 2. The van der Waals surface area contributed by atoms with Gasteiger partial charge in [-0.2, -0.15) is 0 Å². The zero-order valence-electron chi connectivity index (χ0n) is 20.5. The predicted octanol–water partition coefficient (Wildman–Crippen LogP) is 4.44. The van der Waals surface area contributed by atoms with Crippen LogP contribution >= 0.6 is 0 Å². The van der Waals surface area contributed by atoms with Crippen LogP contribution in [0.15, 0.2) is 30.8 Å². The van der Waals surface area contributed by atoms with E-state index in [2.05, 4.69) is 24.1 Å². The van der Waals surface area contributed by atoms with Crippen molar-refractivity contribution in [2.75, 3.05) is 6.54 Å². The van der Waals surface area contributed by atoms with Crippen molar-refractivity contribution in [3.05, 3.63) is 42.0 Å². The molecule has 0 spiro atoms. The molecule has 1 aromatic rings. The van der Waals surface area contributed by atoms with Gasteiger partial charge in [0, 0.05) is 12.6 Å². The lowest BCUT2D eigenvalue weighted by Crippen LogP contribution is -2.52. The number of amides is 3. The zero-order valence-corrected chi connectivity index (χ0v) is 20.5. The van der Waals surface area contributed by atoms with Crippen LogP contribution in [0.25, 0.3) is 6.08 Å². The second kappa shape index (κ2) is 12.3. The molecule has 7 nitrogen and oxygen atoms in total. The highest BCUT2D eigenvalue weighted by Crippen LogP contribution is 2.24. The van der Waals surface area contributed by atoms with Crippen LogP contribution in [0.3, 0.4) is 0 Å². The first-order valence-electron chi connectivity index (χ1n) is 11.3. The molecule has 0 fully saturated rings. The molecular weight excluding hydrogens is 406 g/mol. The average Bonchev–Trinajstić information content (AvgIpc) is 2.69. The van der Waals surface area contributed by atoms with Crippen molar-refractivity contribution >= 4 is 24.0 Å². The number of carbonyl (C=O) groups excluding carboxylic acids is 3. The Morgan fingerprint density at radius 3 is 2.34 bits per heavy atom. The summed E-state index contributed by atoms with van der Waals surface area (Å²) in [4.78, 5) is 40.3. The number of nitrogens with zero attached hydrogens (tertiary/aromatic N) is 1. The molecule has 0 radical (unpaired) electrons. The van der Waals surface area contributed by atoms with Gasteiger partial charge in [0.15, 0.2) is 0 Å². The third-order valence-corrected chi connectivity index (χ3v) is 4.86. The number of alkyl carbamates (subject to hydrolysis) is 1. The van der Waals surface area contributed by atoms with Crippen molar-refractivity contribution in [2.24, 2.45) is 0 Å². The molecule has 0 saturated carbocycles. The lowest BCUT2D eigenvalue weighted by molar-refractivity contribution is -0.142. The number of rotatable bonds is 10. The molecule has 3 unspecified atom stereocenters. The van der Waals surface area contributed by atoms with E-state index in [0.29, 0.717) is 5.56 Å². The van der Waals surface area contributed by atoms with Crippen molar-refractivity contribution in [2.45, 2.75) is 85.0 Å². The molecule has 0 aliphatic heterocycles. The molecule has 7 heteroatoms. The van der Waals surface area contributed by atoms with Gasteiger partial charge in [0.25, 0.3) is 0 Å². The van der Waals surface area contributed by atoms with E-state index in [0.717, 1.165) is 18.4 Å². The smallest absolute Gasteiger partial charge is 0.408 e. The van der Waals surface area contributed by atoms with E-state index in [-0.39, 0.29) is 24.4 Å². The standard InChI is InChI=1S/C25H39N3O4/c1-9-13-17(4)26-22(29)21(20-15-12-14-19(10-2)16-20)28(11-3)23(30)18(5)27-24(31)32-25(6,7)8/h10,12,14-18,21H,2,9,11,13H2,1,3-8H3,(H,26,29)(H,27,31). The highest BCUT2D eigenvalue weighted by Gasteiger charge is 2.34. The summed E-state index contributed by atoms with van der Waals surface area (Å²) in [6.07, 6.45) is 2.79. The number of benzene rings is 1. The minimum Gasteiger partial charge on any atom is -0.444 e. The summed E-state index contributed by atoms with van der Waals surface area (Å²) >= 11 is 0. The molecule has 1 rings (SSSR count). The Kier molecular flexibility index (Phi) is 10.4. The van der Waals surface area contributed by atoms with Crippen LogP contribution in [0.2, 0.25) is 0 Å². The Hall–Kier alpha value is -2.83. The quantitative estimate of drug-likeness (QED) is 0.557. The molecule has 3 amide bonds. The number of hydrogen-bond acceptors (Lipinski definition) is 4. The summed E-state index contributed by atoms with van der Waals surface area (Å²) in [5, 5.41) is 5.61. The fourth-order valence-corrected chi connectivity index (χ4v) is 3.42. The van der Waals surface area contributed by atoms with Crippen molar-refractivity contribution in [3.8, 4) is 0 Å². The van der Waals surface area contributed by atoms with Crippen LogP contribution in [0.5, 0.6) is 0 Å². The monoisotopic (exact) mass is 445 g/mol. The summed E-state index contributed by atoms with van der Waals surface area (Å²) in [6, 6.07) is 5.67. The van der Waals surface area contributed by atoms with Crippen LogP contribution in [-0.4, -0.2) is 47.0 Å². The topological polar surface area (TPSA) is 87.7 Å². The number of ether oxygens (including phenoxy) is 1. The van der Waals surface area contributed by atoms with Crippen molar-refractivity contribution in [1.29, 1.82) is 0 Å². The van der Waals surface area contributed by atoms with Gasteiger partial charge >= 0.3 is 6.09 Å². The molecular formula is C25H39N3O4. The van der Waals surface area contributed by atoms with E-state index in [1.54, 1.807) is 33.8 Å². The molecule has 0 heterocycles. The van der Waals surface area contributed by atoms with Crippen molar-refractivity contribution in [1.82, 2.24) is 15.5 Å². The van der Waals surface area contributed by atoms with Gasteiger partial charge in [-0.25, -0.2) is 4.79 Å². The normalized spacial score (nSPS) is 14.0. The van der Waals surface area contributed by atoms with E-state index in [9.17, 15) is 14.4 Å². The number of likely N-dealkylation sites (N-methyl/N-ethyl adjacent to an activating group) is 1. The third kappa shape index (κ3) is 8.36. The molecule has 178 valence electrons. The first kappa shape index (κ1) is 27.2. The molecule has 3 atom stereocenters. The Morgan fingerprint density at radius 1 is 1.16 bits per heavy atom. The lowest BCUT2D eigenvalue weighted by Gasteiger charge is -2.33. The molecule has 2 N–H and O–H groups in total. The lowest BCUT2D eigenvalue weighted by atomic mass is 10.00. The summed E-state index contributed by atoms with van der Waals surface area (Å²) in [6.45, 7) is 16.7. The molecule has 1 aromatic carbocycles. The third-order valence-electron chi connectivity index (χ3n) is 4.86. The molecule has 0 aliphatic carbocycles. The highest BCUT2D eigenvalue weighted by molar-refractivity contribution is 5.92. The maximum Gasteiger partial charge on any atom is 0.408 e. The number of carbonyl (C=O) groups is 3. The van der Waals surface area contributed by atoms with Crippen molar-refractivity contribution < 1.29 is 19.1 Å². The van der Waals surface area contributed by atoms with Gasteiger partial charge in [0.1, 0.15) is 17.7 Å². The molecule has 0 saturated heterocycles. The van der Waals surface area contributed by atoms with E-state index >= 15 is 0 Å². The Morgan fingerprint density at radius 2 is 1.81 bits per heavy atom. The number of nitrogens with one attached hydrogen (secondary N) is 2. The minimum absolute atomic E-state index is 0.0243. The second-order valence-corrected chi connectivity index (χ2v) is 8.97. The molecule has 0 aliphatic rings. The largest absolute Gasteiger partial charge is 0.444 e. The van der Waals surface area contributed by atoms with Crippen LogP contribution in [0.1, 0.15) is 78.5 Å². The van der Waals surface area contributed by atoms with Gasteiger partial charge in [-0.05, 0) is 65.2 Å². The SMILES string of the molecule is C=Cc1cccc(C(C(=O)NC(C)CCC)N(CC)C(=O)C(C)NC(=O)OC(C)(C)C)c1. The van der Waals surface area contributed by atoms with Gasteiger partial charge in [-0.3, -0.25) is 9.59 Å². The fraction of sp³-hybridized carbons (Fsp3) is 0.560. The maximum absolute atomic E-state index is 13.3. The Labute approximate surface area is 192 Å². The maximum atomic E-state index is 13.3. The van der Waals surface area contributed by atoms with Gasteiger partial charge in [0.2, 0.25) is 11.8 Å². The predicted molar refractivity (Wildman–Crippen MR) is 128 cm³/mol. The molecule has 0 bridgehead atoms. The van der Waals surface area contributed by atoms with Gasteiger partial charge in [0.05, 0.1) is 0 Å². The van der Waals surface area contributed by atoms with Crippen LogP contribution in [-0.2, 0) is 14.3 Å². The second-order valence-electron chi connectivity index (χ2n) is 8.97. The van der Waals surface area contributed by atoms with E-state index < -0.39 is 23.8 Å². The first-order valence-corrected chi connectivity index (χ1v) is 11.3. The Balaban J connectivity index is 3.23. The van der Waals surface area contributed by atoms with Crippen LogP contribution < -0.4 is 10.6 Å². The average molecular weight is 446 g/mol. The van der Waals surface area contributed by atoms with Crippen LogP contribution in [0, 0.1) is 0 Å². The van der Waals surface area contributed by atoms with E-state index in [1.807, 2.05) is 38.1 Å². The summed E-state index contributed by atoms with van der Waals surface area (Å²) in [7, 11) is 0. The zero-order chi connectivity index (χ0) is 24.5. The minimum atomic E-state index is -0.865. The summed E-state index contributed by atoms with van der Waals surface area (Å²) in [5.41, 5.74) is 0.855. The van der Waals surface area contributed by atoms with E-state index in [4.69, 9.17) is 4.74 Å². The van der Waals surface area contributed by atoms with Gasteiger partial charge < -0.3 is 20.3 Å². The summed E-state index contributed by atoms with van der Waals surface area (Å²) in [5.74, 6) is -0.627. The molecule has 32 heavy (non-hydrogen) atoms. The van der Waals surface area contributed by atoms with E-state index in [1.165, 1.54) is 4.90 Å². The summed E-state index contributed by atoms with van der Waals surface area (Å²) < 4.78 is 5.26. The van der Waals surface area contributed by atoms with Crippen molar-refractivity contribution in [3.63, 3.8) is 0 Å². The molecule has 0 aromatic heterocycles. The Bertz CT molecular complexity index is 801. The van der Waals surface area contributed by atoms with Crippen LogP contribution in [0.4, 0.5) is 4.79 Å². The highest BCUT2D eigenvalue weighted by atomic mass is 16.6. The fourth-order valence-electron chi connectivity index (χ4n) is 3.42. The van der Waals surface area contributed by atoms with Gasteiger partial charge in [-0.1, -0.05) is 44.2 Å².